The number of hydrogen-bond donors (Lipinski definition) is 0. The average Bonchev–Trinajstić information content (AvgIpc) is 2.07. The van der Waals surface area contributed by atoms with E-state index in [1.165, 1.54) is 0 Å². The van der Waals surface area contributed by atoms with E-state index in [0.717, 1.165) is 0 Å². The summed E-state index contributed by atoms with van der Waals surface area (Å²) in [7, 11) is 0.361. The molecule has 0 fully saturated rings. The predicted molar refractivity (Wildman–Crippen MR) is 99.0 cm³/mol. The van der Waals surface area contributed by atoms with Crippen LogP contribution in [0.25, 0.3) is 0 Å². The summed E-state index contributed by atoms with van der Waals surface area (Å²) in [5.74, 6) is 0. The van der Waals surface area contributed by atoms with Crippen molar-refractivity contribution in [3.05, 3.63) is 0 Å². The van der Waals surface area contributed by atoms with Gasteiger partial charge in [0.05, 0.1) is 0 Å². The molecule has 0 spiro atoms. The van der Waals surface area contributed by atoms with E-state index < -0.39 is 0 Å². The second-order valence-corrected chi connectivity index (χ2v) is 13.5. The zero-order chi connectivity index (χ0) is 14.7. The van der Waals surface area contributed by atoms with Crippen molar-refractivity contribution in [1.29, 1.82) is 0 Å². The quantitative estimate of drug-likeness (QED) is 0.239. The zero-order valence-electron chi connectivity index (χ0n) is 12.2. The van der Waals surface area contributed by atoms with Crippen molar-refractivity contribution in [2.75, 3.05) is 60.0 Å². The molecule has 0 saturated heterocycles. The first-order valence-electron chi connectivity index (χ1n) is 4.86. The Morgan fingerprint density at radius 3 is 0.625 bits per heavy atom. The second kappa shape index (κ2) is 36.0. The molecule has 0 atom stereocenters. The second-order valence-electron chi connectivity index (χ2n) is 4.50. The first kappa shape index (κ1) is 30.9. The van der Waals surface area contributed by atoms with Gasteiger partial charge in [0.1, 0.15) is 0 Å². The molecule has 6 heteroatoms. The fourth-order valence-electron chi connectivity index (χ4n) is 0. The van der Waals surface area contributed by atoms with Gasteiger partial charge in [-0.1, -0.05) is 0 Å². The van der Waals surface area contributed by atoms with Gasteiger partial charge in [0, 0.05) is 60.0 Å². The molecule has 0 aliphatic carbocycles. The van der Waals surface area contributed by atoms with Crippen LogP contribution in [-0.2, 0) is 17.3 Å². The van der Waals surface area contributed by atoms with E-state index in [9.17, 15) is 0 Å². The molecule has 0 bridgehead atoms. The Kier molecular flexibility index (Phi) is 69.5. The zero-order valence-corrected chi connectivity index (χ0v) is 18.4. The van der Waals surface area contributed by atoms with Crippen molar-refractivity contribution in [2.45, 2.75) is 0 Å². The van der Waals surface area contributed by atoms with Crippen LogP contribution in [0.2, 0.25) is 0 Å². The Labute approximate surface area is 127 Å². The van der Waals surface area contributed by atoms with Crippen molar-refractivity contribution in [1.82, 2.24) is 0 Å². The Morgan fingerprint density at radius 2 is 0.625 bits per heavy atom. The molecule has 16 heavy (non-hydrogen) atoms. The van der Waals surface area contributed by atoms with Gasteiger partial charge in [0.25, 0.3) is 0 Å². The fraction of sp³-hybridized carbons (Fsp3) is 0.900. The summed E-state index contributed by atoms with van der Waals surface area (Å²) < 4.78 is 0. The summed E-state index contributed by atoms with van der Waals surface area (Å²) in [4.78, 5) is 7.75. The summed E-state index contributed by atoms with van der Waals surface area (Å²) >= 11 is 5.37. The van der Waals surface area contributed by atoms with Gasteiger partial charge in [-0.3, -0.25) is 6.79 Å². The van der Waals surface area contributed by atoms with Crippen molar-refractivity contribution < 1.29 is 17.3 Å². The van der Waals surface area contributed by atoms with Crippen LogP contribution in [0, 0.1) is 0 Å². The predicted octanol–water partition coefficient (Wildman–Crippen LogP) is 3.88. The Bertz CT molecular complexity index is 63.9. The molecular weight excluding hydrogens is 415 g/mol. The van der Waals surface area contributed by atoms with Gasteiger partial charge < -0.3 is 4.79 Å². The van der Waals surface area contributed by atoms with Crippen molar-refractivity contribution >= 4 is 51.0 Å². The molecule has 0 heterocycles. The maximum absolute atomic E-state index is 7.75. The normalized spacial score (nSPS) is 7.38. The fourth-order valence-corrected chi connectivity index (χ4v) is 0. The van der Waals surface area contributed by atoms with Crippen LogP contribution in [0.4, 0.5) is 0 Å². The van der Waals surface area contributed by atoms with Gasteiger partial charge in [0.15, 0.2) is 0 Å². The Morgan fingerprint density at radius 1 is 0.625 bits per heavy atom. The Hall–Kier alpha value is 2.20. The first-order chi connectivity index (χ1) is 7.20. The van der Waals surface area contributed by atoms with Crippen LogP contribution >= 0.6 is 44.2 Å². The van der Waals surface area contributed by atoms with E-state index in [-0.39, 0.29) is 23.8 Å². The van der Waals surface area contributed by atoms with E-state index in [0.29, 0.717) is 0 Å². The topological polar surface area (TPSA) is 17.1 Å². The molecule has 0 amide bonds. The van der Waals surface area contributed by atoms with Crippen LogP contribution in [-0.4, -0.2) is 66.8 Å². The molecule has 0 radical (unpaired) electrons. The molecule has 0 unspecified atom stereocenters. The molecule has 1 nitrogen and oxygen atoms in total. The molecule has 0 N–H and O–H groups in total. The van der Waals surface area contributed by atoms with Gasteiger partial charge in [-0.25, -0.2) is 0 Å². The van der Waals surface area contributed by atoms with E-state index in [2.05, 4.69) is 79.3 Å². The standard InChI is InChI=1S/3C3H9P.CHO.Co.HI/c3*1-4(2)3;1-2;;/h3*1-3H3;1H;;1H/q;;;-1;+2;/p+2. The number of hydrogen-bond acceptors (Lipinski definition) is 1. The molecule has 0 aliphatic heterocycles. The van der Waals surface area contributed by atoms with E-state index in [1.807, 2.05) is 20.4 Å². The van der Waals surface area contributed by atoms with Crippen molar-refractivity contribution in [2.24, 2.45) is 0 Å². The summed E-state index contributed by atoms with van der Waals surface area (Å²) in [5, 5.41) is 0. The average molecular weight is 446 g/mol. The first-order valence-corrected chi connectivity index (χ1v) is 17.2. The number of halogens is 1. The molecule has 0 aromatic carbocycles. The van der Waals surface area contributed by atoms with Crippen LogP contribution < -0.4 is 0 Å². The molecule has 0 aromatic rings. The minimum absolute atomic E-state index is 0.120. The molecule has 0 saturated carbocycles. The van der Waals surface area contributed by atoms with Crippen LogP contribution in [0.3, 0.4) is 0 Å². The minimum atomic E-state index is 0.120. The van der Waals surface area contributed by atoms with Gasteiger partial charge in [0.2, 0.25) is 0 Å². The van der Waals surface area contributed by atoms with E-state index in [1.54, 1.807) is 0 Å². The summed E-state index contributed by atoms with van der Waals surface area (Å²) in [6.45, 7) is 23.7. The van der Waals surface area contributed by atoms with Crippen molar-refractivity contribution in [3.63, 3.8) is 0 Å². The van der Waals surface area contributed by atoms with E-state index in [4.69, 9.17) is 4.79 Å². The van der Waals surface area contributed by atoms with Gasteiger partial charge in [-0.2, -0.15) is 0 Å². The van der Waals surface area contributed by atoms with Gasteiger partial charge >= 0.3 is 32.9 Å². The maximum atomic E-state index is 7.75. The van der Waals surface area contributed by atoms with Crippen LogP contribution in [0.1, 0.15) is 0 Å². The third-order valence-electron chi connectivity index (χ3n) is 0. The monoisotopic (exact) mass is 446 g/mol. The number of rotatable bonds is 0. The van der Waals surface area contributed by atoms with E-state index >= 15 is 0 Å². The Balaban J connectivity index is -0.0000000327. The number of carbonyl (C=O) groups excluding carboxylic acids is 1. The molecular formula is C10H31CoIOP3+3. The third kappa shape index (κ3) is 775. The molecule has 0 aliphatic rings. The summed E-state index contributed by atoms with van der Waals surface area (Å²) in [6.07, 6.45) is 0. The molecule has 105 valence electrons. The van der Waals surface area contributed by atoms with Crippen LogP contribution in [0.15, 0.2) is 0 Å². The molecule has 0 rings (SSSR count). The summed E-state index contributed by atoms with van der Waals surface area (Å²) in [6, 6.07) is 0. The van der Waals surface area contributed by atoms with Crippen molar-refractivity contribution in [3.8, 4) is 0 Å². The van der Waals surface area contributed by atoms with Gasteiger partial charge in [-0.05, 0) is 23.8 Å². The van der Waals surface area contributed by atoms with Crippen LogP contribution in [0.5, 0.6) is 0 Å². The summed E-state index contributed by atoms with van der Waals surface area (Å²) in [5.41, 5.74) is 0. The SMILES string of the molecule is C[PH+](C)C.C[PH+](C)C.C[PH+](C)C.[CH-]=O.[Co+][I]. The third-order valence-corrected chi connectivity index (χ3v) is 0. The molecule has 0 aromatic heterocycles. The van der Waals surface area contributed by atoms with Gasteiger partial charge in [-0.15, -0.1) is 0 Å².